The van der Waals surface area contributed by atoms with Crippen molar-refractivity contribution in [3.05, 3.63) is 63.6 Å². The summed E-state index contributed by atoms with van der Waals surface area (Å²) in [6.45, 7) is 1.96. The second-order valence-electron chi connectivity index (χ2n) is 5.21. The van der Waals surface area contributed by atoms with Crippen LogP contribution in [0.4, 0.5) is 0 Å². The lowest BCUT2D eigenvalue weighted by molar-refractivity contribution is 0.174. The Morgan fingerprint density at radius 3 is 2.86 bits per heavy atom. The minimum Gasteiger partial charge on any atom is -0.493 e. The van der Waals surface area contributed by atoms with Gasteiger partial charge in [0.05, 0.1) is 12.7 Å². The average Bonchev–Trinajstić information content (AvgIpc) is 2.96. The zero-order valence-electron chi connectivity index (χ0n) is 11.7. The quantitative estimate of drug-likeness (QED) is 0.872. The fourth-order valence-corrected chi connectivity index (χ4v) is 3.17. The average molecular weight is 348 g/mol. The van der Waals surface area contributed by atoms with Gasteiger partial charge < -0.3 is 15.2 Å². The first-order valence-electron chi connectivity index (χ1n) is 7.12. The van der Waals surface area contributed by atoms with Crippen molar-refractivity contribution in [1.29, 1.82) is 0 Å². The van der Waals surface area contributed by atoms with E-state index in [1.165, 1.54) is 5.56 Å². The molecule has 0 bridgehead atoms. The maximum Gasteiger partial charge on any atom is 0.127 e. The van der Waals surface area contributed by atoms with Crippen molar-refractivity contribution in [2.75, 3.05) is 13.2 Å². The van der Waals surface area contributed by atoms with E-state index in [-0.39, 0.29) is 0 Å². The molecule has 0 aliphatic carbocycles. The van der Waals surface area contributed by atoms with Crippen LogP contribution in [0.5, 0.6) is 5.75 Å². The minimum atomic E-state index is -0.493. The van der Waals surface area contributed by atoms with Gasteiger partial charge in [-0.05, 0) is 23.3 Å². The summed E-state index contributed by atoms with van der Waals surface area (Å²) in [7, 11) is 0. The molecule has 21 heavy (non-hydrogen) atoms. The number of fused-ring (bicyclic) bond motifs is 1. The molecular weight excluding hydrogens is 330 g/mol. The molecule has 0 saturated heterocycles. The first kappa shape index (κ1) is 14.6. The first-order valence-corrected chi connectivity index (χ1v) is 7.91. The van der Waals surface area contributed by atoms with Gasteiger partial charge in [-0.2, -0.15) is 0 Å². The van der Waals surface area contributed by atoms with E-state index in [4.69, 9.17) is 4.74 Å². The van der Waals surface area contributed by atoms with Crippen molar-refractivity contribution in [2.24, 2.45) is 0 Å². The van der Waals surface area contributed by atoms with Crippen molar-refractivity contribution in [1.82, 2.24) is 5.32 Å². The van der Waals surface area contributed by atoms with Gasteiger partial charge in [-0.1, -0.05) is 46.3 Å². The molecule has 2 N–H and O–H groups in total. The van der Waals surface area contributed by atoms with E-state index in [9.17, 15) is 5.11 Å². The van der Waals surface area contributed by atoms with E-state index in [2.05, 4.69) is 33.4 Å². The monoisotopic (exact) mass is 347 g/mol. The Kier molecular flexibility index (Phi) is 4.58. The van der Waals surface area contributed by atoms with Crippen LogP contribution in [0, 0.1) is 0 Å². The molecule has 0 fully saturated rings. The highest BCUT2D eigenvalue weighted by atomic mass is 79.9. The second kappa shape index (κ2) is 6.60. The molecule has 2 aromatic rings. The Bertz CT molecular complexity index is 616. The van der Waals surface area contributed by atoms with Crippen LogP contribution in [-0.2, 0) is 13.0 Å². The van der Waals surface area contributed by atoms with Gasteiger partial charge in [0, 0.05) is 29.5 Å². The smallest absolute Gasteiger partial charge is 0.127 e. The van der Waals surface area contributed by atoms with Crippen LogP contribution in [0.15, 0.2) is 46.9 Å². The topological polar surface area (TPSA) is 41.5 Å². The number of ether oxygens (including phenoxy) is 1. The predicted octanol–water partition coefficient (Wildman–Crippen LogP) is 3.21. The molecule has 0 radical (unpaired) electrons. The van der Waals surface area contributed by atoms with Gasteiger partial charge in [-0.25, -0.2) is 0 Å². The summed E-state index contributed by atoms with van der Waals surface area (Å²) in [6, 6.07) is 13.9. The van der Waals surface area contributed by atoms with Gasteiger partial charge in [0.25, 0.3) is 0 Å². The van der Waals surface area contributed by atoms with Gasteiger partial charge in [0.2, 0.25) is 0 Å². The molecule has 1 unspecified atom stereocenters. The fraction of sp³-hybridized carbons (Fsp3) is 0.294. The highest BCUT2D eigenvalue weighted by molar-refractivity contribution is 9.10. The van der Waals surface area contributed by atoms with E-state index in [1.807, 2.05) is 30.3 Å². The summed E-state index contributed by atoms with van der Waals surface area (Å²) in [5.74, 6) is 1.000. The molecule has 1 aliphatic rings. The summed E-state index contributed by atoms with van der Waals surface area (Å²) in [5.41, 5.74) is 3.32. The normalized spacial score (nSPS) is 14.6. The number of rotatable bonds is 5. The van der Waals surface area contributed by atoms with Gasteiger partial charge in [0.1, 0.15) is 5.75 Å². The number of benzene rings is 2. The van der Waals surface area contributed by atoms with Gasteiger partial charge in [-0.3, -0.25) is 0 Å². The Morgan fingerprint density at radius 1 is 1.24 bits per heavy atom. The van der Waals surface area contributed by atoms with Crippen molar-refractivity contribution in [3.63, 3.8) is 0 Å². The molecular formula is C17H18BrNO2. The highest BCUT2D eigenvalue weighted by Gasteiger charge is 2.17. The van der Waals surface area contributed by atoms with Crippen molar-refractivity contribution >= 4 is 15.9 Å². The van der Waals surface area contributed by atoms with Gasteiger partial charge in [0.15, 0.2) is 0 Å². The first-order chi connectivity index (χ1) is 10.2. The number of halogens is 1. The zero-order valence-corrected chi connectivity index (χ0v) is 13.3. The van der Waals surface area contributed by atoms with Crippen molar-refractivity contribution in [2.45, 2.75) is 19.1 Å². The van der Waals surface area contributed by atoms with E-state index >= 15 is 0 Å². The lowest BCUT2D eigenvalue weighted by Crippen LogP contribution is -2.21. The Hall–Kier alpha value is -1.36. The minimum absolute atomic E-state index is 0.493. The fourth-order valence-electron chi connectivity index (χ4n) is 2.61. The summed E-state index contributed by atoms with van der Waals surface area (Å²) < 4.78 is 6.78. The molecule has 1 heterocycles. The number of hydrogen-bond acceptors (Lipinski definition) is 3. The van der Waals surface area contributed by atoms with E-state index in [0.717, 1.165) is 34.4 Å². The molecule has 0 aromatic heterocycles. The van der Waals surface area contributed by atoms with Crippen LogP contribution < -0.4 is 10.1 Å². The number of aliphatic hydroxyl groups is 1. The largest absolute Gasteiger partial charge is 0.493 e. The maximum absolute atomic E-state index is 10.1. The third-order valence-corrected chi connectivity index (χ3v) is 4.12. The molecule has 0 spiro atoms. The lowest BCUT2D eigenvalue weighted by Gasteiger charge is -2.14. The molecule has 3 rings (SSSR count). The predicted molar refractivity (Wildman–Crippen MR) is 86.4 cm³/mol. The van der Waals surface area contributed by atoms with Crippen LogP contribution >= 0.6 is 15.9 Å². The number of aliphatic hydroxyl groups excluding tert-OH is 1. The summed E-state index contributed by atoms with van der Waals surface area (Å²) in [6.07, 6.45) is 0.473. The van der Waals surface area contributed by atoms with Crippen LogP contribution in [0.3, 0.4) is 0 Å². The molecule has 4 heteroatoms. The molecule has 110 valence electrons. The third kappa shape index (κ3) is 3.46. The maximum atomic E-state index is 10.1. The molecule has 3 nitrogen and oxygen atoms in total. The van der Waals surface area contributed by atoms with Crippen LogP contribution in [0.2, 0.25) is 0 Å². The summed E-state index contributed by atoms with van der Waals surface area (Å²) in [5, 5.41) is 13.4. The summed E-state index contributed by atoms with van der Waals surface area (Å²) in [4.78, 5) is 0. The molecule has 0 amide bonds. The standard InChI is InChI=1S/C17H18BrNO2/c18-15-8-13-6-7-21-17(13)14(9-15)10-19-11-16(20)12-4-2-1-3-5-12/h1-5,8-9,16,19-20H,6-7,10-11H2. The molecule has 0 saturated carbocycles. The summed E-state index contributed by atoms with van der Waals surface area (Å²) >= 11 is 3.54. The Labute approximate surface area is 133 Å². The number of hydrogen-bond donors (Lipinski definition) is 2. The Balaban J connectivity index is 1.61. The van der Waals surface area contributed by atoms with Crippen LogP contribution in [0.25, 0.3) is 0 Å². The third-order valence-electron chi connectivity index (χ3n) is 3.66. The SMILES string of the molecule is OC(CNCc1cc(Br)cc2c1OCC2)c1ccccc1. The van der Waals surface area contributed by atoms with E-state index in [0.29, 0.717) is 13.1 Å². The van der Waals surface area contributed by atoms with E-state index in [1.54, 1.807) is 0 Å². The number of nitrogens with one attached hydrogen (secondary N) is 1. The second-order valence-corrected chi connectivity index (χ2v) is 6.12. The Morgan fingerprint density at radius 2 is 2.05 bits per heavy atom. The highest BCUT2D eigenvalue weighted by Crippen LogP contribution is 2.32. The zero-order chi connectivity index (χ0) is 14.7. The molecule has 2 aromatic carbocycles. The van der Waals surface area contributed by atoms with Gasteiger partial charge in [-0.15, -0.1) is 0 Å². The molecule has 1 atom stereocenters. The van der Waals surface area contributed by atoms with E-state index < -0.39 is 6.10 Å². The van der Waals surface area contributed by atoms with Crippen LogP contribution in [-0.4, -0.2) is 18.3 Å². The van der Waals surface area contributed by atoms with Crippen molar-refractivity contribution < 1.29 is 9.84 Å². The molecule has 1 aliphatic heterocycles. The van der Waals surface area contributed by atoms with Gasteiger partial charge >= 0.3 is 0 Å². The van der Waals surface area contributed by atoms with Crippen molar-refractivity contribution in [3.8, 4) is 5.75 Å². The lowest BCUT2D eigenvalue weighted by atomic mass is 10.1. The van der Waals surface area contributed by atoms with Crippen LogP contribution in [0.1, 0.15) is 22.8 Å².